The predicted molar refractivity (Wildman–Crippen MR) is 156 cm³/mol. The Balaban J connectivity index is 2.54. The number of nitrogens with zero attached hydrogens (tertiary/aromatic N) is 1. The first kappa shape index (κ1) is 31.9. The summed E-state index contributed by atoms with van der Waals surface area (Å²) in [7, 11) is 0. The molecular formula is C32H47N3O4. The molecule has 7 nitrogen and oxygen atoms in total. The first-order valence-electron chi connectivity index (χ1n) is 13.9. The molecular weight excluding hydrogens is 490 g/mol. The normalized spacial score (nSPS) is 13.8. The maximum Gasteiger partial charge on any atom is 0.408 e. The van der Waals surface area contributed by atoms with E-state index in [9.17, 15) is 14.4 Å². The van der Waals surface area contributed by atoms with Crippen LogP contribution in [0.15, 0.2) is 48.5 Å². The Kier molecular flexibility index (Phi) is 11.6. The molecule has 0 saturated carbocycles. The molecule has 3 atom stereocenters. The topological polar surface area (TPSA) is 87.7 Å². The second kappa shape index (κ2) is 14.2. The van der Waals surface area contributed by atoms with Crippen LogP contribution in [0, 0.1) is 19.8 Å². The Morgan fingerprint density at radius 1 is 0.974 bits per heavy atom. The number of hydrogen-bond donors (Lipinski definition) is 2. The molecule has 0 aliphatic heterocycles. The first-order valence-corrected chi connectivity index (χ1v) is 13.9. The van der Waals surface area contributed by atoms with Gasteiger partial charge in [0.15, 0.2) is 0 Å². The summed E-state index contributed by atoms with van der Waals surface area (Å²) >= 11 is 0. The Bertz CT molecular complexity index is 1110. The van der Waals surface area contributed by atoms with Crippen LogP contribution in [0.1, 0.15) is 89.6 Å². The molecule has 39 heavy (non-hydrogen) atoms. The second-order valence-corrected chi connectivity index (χ2v) is 11.8. The van der Waals surface area contributed by atoms with Crippen molar-refractivity contribution in [2.75, 3.05) is 0 Å². The van der Waals surface area contributed by atoms with Crippen molar-refractivity contribution in [1.29, 1.82) is 0 Å². The molecule has 3 unspecified atom stereocenters. The van der Waals surface area contributed by atoms with Gasteiger partial charge in [-0.2, -0.15) is 0 Å². The van der Waals surface area contributed by atoms with Crippen molar-refractivity contribution < 1.29 is 19.1 Å². The summed E-state index contributed by atoms with van der Waals surface area (Å²) in [6.45, 7) is 17.6. The van der Waals surface area contributed by atoms with Gasteiger partial charge in [-0.15, -0.1) is 0 Å². The molecule has 2 N–H and O–H groups in total. The van der Waals surface area contributed by atoms with Gasteiger partial charge in [0.1, 0.15) is 17.7 Å². The van der Waals surface area contributed by atoms with Crippen LogP contribution in [-0.2, 0) is 20.9 Å². The highest BCUT2D eigenvalue weighted by Gasteiger charge is 2.39. The van der Waals surface area contributed by atoms with Crippen molar-refractivity contribution in [2.45, 2.75) is 105 Å². The van der Waals surface area contributed by atoms with Crippen molar-refractivity contribution in [3.8, 4) is 0 Å². The average molecular weight is 538 g/mol. The predicted octanol–water partition coefficient (Wildman–Crippen LogP) is 6.23. The Hall–Kier alpha value is -3.35. The highest BCUT2D eigenvalue weighted by atomic mass is 16.6. The van der Waals surface area contributed by atoms with Crippen molar-refractivity contribution in [3.05, 3.63) is 70.8 Å². The molecule has 0 fully saturated rings. The number of nitrogens with one attached hydrogen (secondary N) is 2. The molecule has 2 aromatic carbocycles. The van der Waals surface area contributed by atoms with Crippen molar-refractivity contribution in [1.82, 2.24) is 15.5 Å². The van der Waals surface area contributed by atoms with Gasteiger partial charge in [0, 0.05) is 12.6 Å². The van der Waals surface area contributed by atoms with E-state index in [0.29, 0.717) is 19.4 Å². The van der Waals surface area contributed by atoms with E-state index >= 15 is 0 Å². The minimum atomic E-state index is -0.869. The zero-order chi connectivity index (χ0) is 29.3. The molecule has 0 heterocycles. The van der Waals surface area contributed by atoms with Gasteiger partial charge in [0.05, 0.1) is 0 Å². The first-order chi connectivity index (χ1) is 18.2. The number of amides is 3. The van der Waals surface area contributed by atoms with E-state index in [-0.39, 0.29) is 23.8 Å². The number of alkyl carbamates (subject to hydrolysis) is 1. The summed E-state index contributed by atoms with van der Waals surface area (Å²) in [6.07, 6.45) is 0.401. The maximum absolute atomic E-state index is 14.3. The number of ether oxygens (including phenoxy) is 1. The Morgan fingerprint density at radius 3 is 2.15 bits per heavy atom. The molecule has 214 valence electrons. The summed E-state index contributed by atoms with van der Waals surface area (Å²) in [6, 6.07) is 13.6. The van der Waals surface area contributed by atoms with Gasteiger partial charge in [0.25, 0.3) is 0 Å². The standard InChI is InChI=1S/C32H47N3O4/c1-10-24(6)35(30(37)27(18-21(2)3)34-31(38)39-32(7,8)9)28(26-17-16-22(4)19-23(26)5)29(36)33-20-25-14-12-11-13-15-25/h11-17,19,21,24,27-28H,10,18,20H2,1-9H3,(H,33,36)(H,34,38). The third-order valence-corrected chi connectivity index (χ3v) is 6.57. The van der Waals surface area contributed by atoms with Crippen molar-refractivity contribution >= 4 is 17.9 Å². The van der Waals surface area contributed by atoms with E-state index in [1.807, 2.05) is 90.1 Å². The number of aryl methyl sites for hydroxylation is 2. The van der Waals surface area contributed by atoms with E-state index in [4.69, 9.17) is 4.74 Å². The molecule has 0 aliphatic carbocycles. The lowest BCUT2D eigenvalue weighted by molar-refractivity contribution is -0.145. The molecule has 0 aromatic heterocycles. The summed E-state index contributed by atoms with van der Waals surface area (Å²) in [5.41, 5.74) is 3.03. The lowest BCUT2D eigenvalue weighted by Gasteiger charge is -2.39. The maximum atomic E-state index is 14.3. The minimum absolute atomic E-state index is 0.124. The van der Waals surface area contributed by atoms with Crippen LogP contribution in [-0.4, -0.2) is 40.5 Å². The number of benzene rings is 2. The van der Waals surface area contributed by atoms with Gasteiger partial charge in [-0.25, -0.2) is 4.79 Å². The number of rotatable bonds is 11. The summed E-state index contributed by atoms with van der Waals surface area (Å²) in [4.78, 5) is 42.7. The van der Waals surface area contributed by atoms with Crippen LogP contribution in [0.25, 0.3) is 0 Å². The van der Waals surface area contributed by atoms with Crippen molar-refractivity contribution in [3.63, 3.8) is 0 Å². The molecule has 0 aliphatic rings. The van der Waals surface area contributed by atoms with E-state index < -0.39 is 23.8 Å². The highest BCUT2D eigenvalue weighted by molar-refractivity contribution is 5.92. The van der Waals surface area contributed by atoms with Gasteiger partial charge < -0.3 is 20.3 Å². The van der Waals surface area contributed by atoms with Gasteiger partial charge in [0.2, 0.25) is 11.8 Å². The number of hydrogen-bond acceptors (Lipinski definition) is 4. The molecule has 2 rings (SSSR count). The third-order valence-electron chi connectivity index (χ3n) is 6.57. The van der Waals surface area contributed by atoms with Gasteiger partial charge in [-0.3, -0.25) is 9.59 Å². The summed E-state index contributed by atoms with van der Waals surface area (Å²) in [5, 5.41) is 5.87. The molecule has 0 spiro atoms. The van der Waals surface area contributed by atoms with E-state index in [2.05, 4.69) is 10.6 Å². The zero-order valence-corrected chi connectivity index (χ0v) is 25.1. The Morgan fingerprint density at radius 2 is 1.62 bits per heavy atom. The van der Waals surface area contributed by atoms with E-state index in [0.717, 1.165) is 22.3 Å². The van der Waals surface area contributed by atoms with E-state index in [1.165, 1.54) is 0 Å². The second-order valence-electron chi connectivity index (χ2n) is 11.8. The van der Waals surface area contributed by atoms with Crippen LogP contribution in [0.2, 0.25) is 0 Å². The largest absolute Gasteiger partial charge is 0.444 e. The zero-order valence-electron chi connectivity index (χ0n) is 25.1. The lowest BCUT2D eigenvalue weighted by Crippen LogP contribution is -2.55. The molecule has 2 aromatic rings. The van der Waals surface area contributed by atoms with Gasteiger partial charge >= 0.3 is 6.09 Å². The quantitative estimate of drug-likeness (QED) is 0.356. The van der Waals surface area contributed by atoms with Crippen LogP contribution >= 0.6 is 0 Å². The summed E-state index contributed by atoms with van der Waals surface area (Å²) in [5.74, 6) is -0.442. The molecule has 3 amide bonds. The van der Waals surface area contributed by atoms with Crippen LogP contribution < -0.4 is 10.6 Å². The Labute approximate surface area is 234 Å². The van der Waals surface area contributed by atoms with Crippen molar-refractivity contribution in [2.24, 2.45) is 5.92 Å². The number of carbonyl (C=O) groups is 3. The number of carbonyl (C=O) groups excluding carboxylic acids is 3. The fraction of sp³-hybridized carbons (Fsp3) is 0.531. The average Bonchev–Trinajstić information content (AvgIpc) is 2.84. The van der Waals surface area contributed by atoms with Crippen LogP contribution in [0.5, 0.6) is 0 Å². The lowest BCUT2D eigenvalue weighted by atomic mass is 9.93. The smallest absolute Gasteiger partial charge is 0.408 e. The van der Waals surface area contributed by atoms with E-state index in [1.54, 1.807) is 25.7 Å². The fourth-order valence-electron chi connectivity index (χ4n) is 4.55. The summed E-state index contributed by atoms with van der Waals surface area (Å²) < 4.78 is 5.48. The van der Waals surface area contributed by atoms with Gasteiger partial charge in [-0.05, 0) is 77.0 Å². The SMILES string of the molecule is CCC(C)N(C(=O)C(CC(C)C)NC(=O)OC(C)(C)C)C(C(=O)NCc1ccccc1)c1ccc(C)cc1C. The molecule has 0 radical (unpaired) electrons. The highest BCUT2D eigenvalue weighted by Crippen LogP contribution is 2.30. The van der Waals surface area contributed by atoms with Crippen LogP contribution in [0.4, 0.5) is 4.79 Å². The molecule has 7 heteroatoms. The monoisotopic (exact) mass is 537 g/mol. The fourth-order valence-corrected chi connectivity index (χ4v) is 4.55. The third kappa shape index (κ3) is 9.72. The molecule has 0 bridgehead atoms. The minimum Gasteiger partial charge on any atom is -0.444 e. The van der Waals surface area contributed by atoms with Gasteiger partial charge in [-0.1, -0.05) is 74.9 Å². The molecule has 0 saturated heterocycles. The van der Waals surface area contributed by atoms with Crippen LogP contribution in [0.3, 0.4) is 0 Å².